The lowest BCUT2D eigenvalue weighted by atomic mass is 9.92. The average molecular weight is 495 g/mol. The molecular weight excluding hydrogens is 473 g/mol. The molecule has 0 fully saturated rings. The van der Waals surface area contributed by atoms with Gasteiger partial charge in [-0.2, -0.15) is 0 Å². The Morgan fingerprint density at radius 3 is 2.29 bits per heavy atom. The first-order valence-electron chi connectivity index (χ1n) is 10.2. The van der Waals surface area contributed by atoms with Gasteiger partial charge >= 0.3 is 18.4 Å². The molecular formula is C24H22ClF3N2O4. The number of ether oxygens (including phenoxy) is 2. The van der Waals surface area contributed by atoms with Crippen molar-refractivity contribution in [2.45, 2.75) is 30.8 Å². The summed E-state index contributed by atoms with van der Waals surface area (Å²) in [6.45, 7) is 0.161. The molecule has 0 saturated carbocycles. The molecule has 0 spiro atoms. The lowest BCUT2D eigenvalue weighted by Gasteiger charge is -2.34. The summed E-state index contributed by atoms with van der Waals surface area (Å²) in [5, 5.41) is 2.90. The van der Waals surface area contributed by atoms with Crippen LogP contribution < -0.4 is 10.6 Å². The molecule has 2 aromatic rings. The fourth-order valence-electron chi connectivity index (χ4n) is 3.38. The quantitative estimate of drug-likeness (QED) is 0.417. The van der Waals surface area contributed by atoms with Crippen LogP contribution in [0.5, 0.6) is 0 Å². The molecule has 2 amide bonds. The fraction of sp³-hybridized carbons (Fsp3) is 0.250. The Hall–Kier alpha value is -3.30. The average Bonchev–Trinajstić information content (AvgIpc) is 2.77. The van der Waals surface area contributed by atoms with Crippen molar-refractivity contribution < 1.29 is 32.2 Å². The van der Waals surface area contributed by atoms with Gasteiger partial charge in [-0.25, -0.2) is 4.79 Å². The van der Waals surface area contributed by atoms with E-state index in [4.69, 9.17) is 11.6 Å². The molecule has 2 aromatic carbocycles. The molecule has 0 saturated heterocycles. The van der Waals surface area contributed by atoms with E-state index in [9.17, 15) is 22.8 Å². The zero-order valence-corrected chi connectivity index (χ0v) is 18.9. The third kappa shape index (κ3) is 7.10. The van der Waals surface area contributed by atoms with Crippen molar-refractivity contribution in [3.63, 3.8) is 0 Å². The molecule has 3 rings (SSSR count). The van der Waals surface area contributed by atoms with Crippen LogP contribution in [-0.4, -0.2) is 30.5 Å². The van der Waals surface area contributed by atoms with Crippen molar-refractivity contribution >= 4 is 29.2 Å². The number of alkyl halides is 4. The number of benzene rings is 2. The summed E-state index contributed by atoms with van der Waals surface area (Å²) >= 11 is 6.32. The first-order valence-corrected chi connectivity index (χ1v) is 10.6. The van der Waals surface area contributed by atoms with E-state index in [1.54, 1.807) is 54.6 Å². The monoisotopic (exact) mass is 494 g/mol. The van der Waals surface area contributed by atoms with Gasteiger partial charge in [-0.1, -0.05) is 72.3 Å². The second kappa shape index (κ2) is 10.8. The fourth-order valence-corrected chi connectivity index (χ4v) is 3.79. The Bertz CT molecular complexity index is 1090. The van der Waals surface area contributed by atoms with Gasteiger partial charge in [0.05, 0.1) is 13.5 Å². The van der Waals surface area contributed by atoms with E-state index < -0.39 is 23.9 Å². The first kappa shape index (κ1) is 25.3. The van der Waals surface area contributed by atoms with Gasteiger partial charge in [0.2, 0.25) is 0 Å². The molecule has 34 heavy (non-hydrogen) atoms. The molecule has 10 heteroatoms. The smallest absolute Gasteiger partial charge is 0.469 e. The predicted octanol–water partition coefficient (Wildman–Crippen LogP) is 5.04. The highest BCUT2D eigenvalue weighted by atomic mass is 35.5. The minimum Gasteiger partial charge on any atom is -0.469 e. The molecule has 2 N–H and O–H groups in total. The van der Waals surface area contributed by atoms with E-state index in [1.807, 2.05) is 0 Å². The van der Waals surface area contributed by atoms with Crippen LogP contribution in [0.25, 0.3) is 5.57 Å². The third-order valence-corrected chi connectivity index (χ3v) is 5.37. The SMILES string of the molecule is COC(=O)Cc1ccc(CNC(=O)NC2=CC=C(c3ccccc3)C(Cl)(OC(F)(F)F)C2)cc1. The van der Waals surface area contributed by atoms with Crippen LogP contribution in [0.4, 0.5) is 18.0 Å². The maximum absolute atomic E-state index is 13.1. The van der Waals surface area contributed by atoms with Gasteiger partial charge in [-0.3, -0.25) is 9.53 Å². The van der Waals surface area contributed by atoms with Crippen LogP contribution in [0.3, 0.4) is 0 Å². The number of hydrogen-bond donors (Lipinski definition) is 2. The van der Waals surface area contributed by atoms with E-state index in [0.29, 0.717) is 5.56 Å². The number of carbonyl (C=O) groups excluding carboxylic acids is 2. The number of carbonyl (C=O) groups is 2. The van der Waals surface area contributed by atoms with Crippen LogP contribution in [-0.2, 0) is 27.2 Å². The summed E-state index contributed by atoms with van der Waals surface area (Å²) in [7, 11) is 1.31. The first-order chi connectivity index (χ1) is 16.1. The molecule has 1 aliphatic rings. The van der Waals surface area contributed by atoms with Crippen molar-refractivity contribution in [3.8, 4) is 0 Å². The summed E-state index contributed by atoms with van der Waals surface area (Å²) in [5.41, 5.74) is 2.28. The molecule has 0 aliphatic heterocycles. The Morgan fingerprint density at radius 1 is 1.03 bits per heavy atom. The van der Waals surface area contributed by atoms with E-state index in [1.165, 1.54) is 19.3 Å². The Labute approximate surface area is 199 Å². The van der Waals surface area contributed by atoms with Gasteiger partial charge in [0.25, 0.3) is 0 Å². The van der Waals surface area contributed by atoms with Crippen LogP contribution in [0.2, 0.25) is 0 Å². The van der Waals surface area contributed by atoms with Gasteiger partial charge in [0, 0.05) is 24.2 Å². The Kier molecular flexibility index (Phi) is 8.01. The lowest BCUT2D eigenvalue weighted by molar-refractivity contribution is -0.342. The predicted molar refractivity (Wildman–Crippen MR) is 120 cm³/mol. The summed E-state index contributed by atoms with van der Waals surface area (Å²) in [4.78, 5) is 23.6. The maximum atomic E-state index is 13.1. The van der Waals surface area contributed by atoms with Gasteiger partial charge in [0.1, 0.15) is 0 Å². The number of urea groups is 1. The number of rotatable bonds is 7. The highest BCUT2D eigenvalue weighted by molar-refractivity contribution is 6.29. The summed E-state index contributed by atoms with van der Waals surface area (Å²) in [6.07, 6.45) is -2.38. The summed E-state index contributed by atoms with van der Waals surface area (Å²) in [6, 6.07) is 14.7. The van der Waals surface area contributed by atoms with Crippen molar-refractivity contribution in [2.75, 3.05) is 7.11 Å². The maximum Gasteiger partial charge on any atom is 0.524 e. The highest BCUT2D eigenvalue weighted by Crippen LogP contribution is 2.45. The number of hydrogen-bond acceptors (Lipinski definition) is 4. The molecule has 6 nitrogen and oxygen atoms in total. The molecule has 0 radical (unpaired) electrons. The summed E-state index contributed by atoms with van der Waals surface area (Å²) in [5.74, 6) is -0.361. The Balaban J connectivity index is 1.65. The van der Waals surface area contributed by atoms with Gasteiger partial charge in [-0.05, 0) is 22.8 Å². The number of nitrogens with one attached hydrogen (secondary N) is 2. The van der Waals surface area contributed by atoms with Crippen molar-refractivity contribution in [1.82, 2.24) is 10.6 Å². The van der Waals surface area contributed by atoms with Crippen LogP contribution in [0.15, 0.2) is 72.4 Å². The summed E-state index contributed by atoms with van der Waals surface area (Å²) < 4.78 is 48.2. The minimum atomic E-state index is -4.99. The molecule has 0 aromatic heterocycles. The number of methoxy groups -OCH3 is 1. The van der Waals surface area contributed by atoms with Crippen molar-refractivity contribution in [1.29, 1.82) is 0 Å². The van der Waals surface area contributed by atoms with E-state index in [-0.39, 0.29) is 30.2 Å². The van der Waals surface area contributed by atoms with Crippen molar-refractivity contribution in [2.24, 2.45) is 0 Å². The number of allylic oxidation sites excluding steroid dienone is 2. The molecule has 1 atom stereocenters. The van der Waals surface area contributed by atoms with Crippen LogP contribution in [0.1, 0.15) is 23.1 Å². The third-order valence-electron chi connectivity index (χ3n) is 4.96. The van der Waals surface area contributed by atoms with E-state index in [2.05, 4.69) is 20.1 Å². The highest BCUT2D eigenvalue weighted by Gasteiger charge is 2.47. The van der Waals surface area contributed by atoms with E-state index >= 15 is 0 Å². The topological polar surface area (TPSA) is 76.7 Å². The molecule has 1 aliphatic carbocycles. The largest absolute Gasteiger partial charge is 0.524 e. The molecule has 0 heterocycles. The second-order valence-corrected chi connectivity index (χ2v) is 8.08. The standard InChI is InChI=1S/C24H22ClF3N2O4/c1-33-21(31)13-16-7-9-17(10-8-16)15-29-22(32)30-19-11-12-20(18-5-3-2-4-6-18)23(25,14-19)34-24(26,27)28/h2-12H,13-15H2,1H3,(H2,29,30,32). The molecule has 1 unspecified atom stereocenters. The lowest BCUT2D eigenvalue weighted by Crippen LogP contribution is -2.41. The van der Waals surface area contributed by atoms with Gasteiger partial charge in [-0.15, -0.1) is 13.2 Å². The van der Waals surface area contributed by atoms with Crippen LogP contribution in [0, 0.1) is 0 Å². The van der Waals surface area contributed by atoms with Gasteiger partial charge in [0.15, 0.2) is 5.06 Å². The second-order valence-electron chi connectivity index (χ2n) is 7.47. The Morgan fingerprint density at radius 2 is 1.68 bits per heavy atom. The number of esters is 1. The number of amides is 2. The normalized spacial score (nSPS) is 17.9. The van der Waals surface area contributed by atoms with Crippen LogP contribution >= 0.6 is 11.6 Å². The van der Waals surface area contributed by atoms with E-state index in [0.717, 1.165) is 11.1 Å². The zero-order valence-electron chi connectivity index (χ0n) is 18.1. The number of halogens is 4. The molecule has 180 valence electrons. The van der Waals surface area contributed by atoms with Crippen molar-refractivity contribution in [3.05, 3.63) is 89.1 Å². The zero-order chi connectivity index (χ0) is 24.8. The molecule has 0 bridgehead atoms. The van der Waals surface area contributed by atoms with Gasteiger partial charge < -0.3 is 15.4 Å². The minimum absolute atomic E-state index is 0.130.